The summed E-state index contributed by atoms with van der Waals surface area (Å²) in [6.45, 7) is 6.17. The van der Waals surface area contributed by atoms with Crippen molar-refractivity contribution in [2.24, 2.45) is 5.73 Å². The third kappa shape index (κ3) is 2.14. The molecule has 2 aliphatic heterocycles. The quantitative estimate of drug-likeness (QED) is 0.854. The van der Waals surface area contributed by atoms with Gasteiger partial charge in [0.1, 0.15) is 0 Å². The molecule has 3 rings (SSSR count). The van der Waals surface area contributed by atoms with Gasteiger partial charge in [-0.2, -0.15) is 0 Å². The Morgan fingerprint density at radius 1 is 1.10 bits per heavy atom. The maximum atomic E-state index is 13.0. The van der Waals surface area contributed by atoms with Crippen molar-refractivity contribution >= 4 is 5.91 Å². The van der Waals surface area contributed by atoms with Gasteiger partial charge in [0.2, 0.25) is 0 Å². The van der Waals surface area contributed by atoms with Crippen molar-refractivity contribution < 1.29 is 4.79 Å². The lowest BCUT2D eigenvalue weighted by Crippen LogP contribution is -2.50. The summed E-state index contributed by atoms with van der Waals surface area (Å²) in [6.07, 6.45) is 4.17. The SMILES string of the molecule is Cc1cc(C)c(C(=O)N2C3CCC2CC(N)C3)c(C)c1. The molecule has 3 heteroatoms. The normalized spacial score (nSPS) is 28.8. The number of amides is 1. The van der Waals surface area contributed by atoms with Crippen LogP contribution in [0.5, 0.6) is 0 Å². The minimum atomic E-state index is 0.222. The van der Waals surface area contributed by atoms with Crippen molar-refractivity contribution in [1.82, 2.24) is 4.90 Å². The van der Waals surface area contributed by atoms with E-state index in [9.17, 15) is 4.79 Å². The second kappa shape index (κ2) is 4.88. The monoisotopic (exact) mass is 272 g/mol. The van der Waals surface area contributed by atoms with Gasteiger partial charge >= 0.3 is 0 Å². The lowest BCUT2D eigenvalue weighted by molar-refractivity contribution is 0.0573. The third-order valence-electron chi connectivity index (χ3n) is 4.89. The first kappa shape index (κ1) is 13.6. The van der Waals surface area contributed by atoms with Gasteiger partial charge in [0.15, 0.2) is 0 Å². The lowest BCUT2D eigenvalue weighted by atomic mass is 9.94. The van der Waals surface area contributed by atoms with Crippen LogP contribution in [0, 0.1) is 20.8 Å². The molecule has 1 aromatic rings. The molecule has 2 fully saturated rings. The van der Waals surface area contributed by atoms with Gasteiger partial charge in [0.25, 0.3) is 5.91 Å². The topological polar surface area (TPSA) is 46.3 Å². The van der Waals surface area contributed by atoms with E-state index in [2.05, 4.69) is 24.0 Å². The summed E-state index contributed by atoms with van der Waals surface area (Å²) in [5.41, 5.74) is 10.4. The minimum absolute atomic E-state index is 0.222. The smallest absolute Gasteiger partial charge is 0.254 e. The molecular formula is C17H24N2O. The first-order valence-electron chi connectivity index (χ1n) is 7.63. The molecule has 0 aromatic heterocycles. The summed E-state index contributed by atoms with van der Waals surface area (Å²) >= 11 is 0. The van der Waals surface area contributed by atoms with Crippen molar-refractivity contribution in [2.75, 3.05) is 0 Å². The maximum Gasteiger partial charge on any atom is 0.254 e. The van der Waals surface area contributed by atoms with Crippen LogP contribution >= 0.6 is 0 Å². The molecule has 0 spiro atoms. The van der Waals surface area contributed by atoms with Gasteiger partial charge in [0.05, 0.1) is 0 Å². The highest BCUT2D eigenvalue weighted by molar-refractivity contribution is 5.97. The van der Waals surface area contributed by atoms with Crippen LogP contribution < -0.4 is 5.73 Å². The fourth-order valence-electron chi connectivity index (χ4n) is 4.20. The molecule has 20 heavy (non-hydrogen) atoms. The predicted molar refractivity (Wildman–Crippen MR) is 80.8 cm³/mol. The van der Waals surface area contributed by atoms with Gasteiger partial charge in [-0.3, -0.25) is 4.79 Å². The number of carbonyl (C=O) groups excluding carboxylic acids is 1. The molecule has 1 aromatic carbocycles. The van der Waals surface area contributed by atoms with E-state index in [0.29, 0.717) is 12.1 Å². The van der Waals surface area contributed by atoms with E-state index in [1.54, 1.807) is 0 Å². The Morgan fingerprint density at radius 3 is 2.10 bits per heavy atom. The van der Waals surface area contributed by atoms with Crippen LogP contribution in [0.25, 0.3) is 0 Å². The summed E-state index contributed by atoms with van der Waals surface area (Å²) in [6, 6.07) is 5.21. The Hall–Kier alpha value is -1.35. The van der Waals surface area contributed by atoms with Gasteiger partial charge in [-0.05, 0) is 57.6 Å². The molecule has 108 valence electrons. The number of nitrogens with two attached hydrogens (primary N) is 1. The Bertz CT molecular complexity index is 515. The molecule has 2 saturated heterocycles. The largest absolute Gasteiger partial charge is 0.333 e. The number of hydrogen-bond donors (Lipinski definition) is 1. The van der Waals surface area contributed by atoms with Crippen molar-refractivity contribution in [2.45, 2.75) is 64.6 Å². The zero-order valence-corrected chi connectivity index (χ0v) is 12.6. The number of fused-ring (bicyclic) bond motifs is 2. The molecule has 2 unspecified atom stereocenters. The number of nitrogens with zero attached hydrogens (tertiary/aromatic N) is 1. The van der Waals surface area contributed by atoms with E-state index < -0.39 is 0 Å². The molecule has 1 amide bonds. The molecular weight excluding hydrogens is 248 g/mol. The second-order valence-corrected chi connectivity index (χ2v) is 6.60. The van der Waals surface area contributed by atoms with Crippen LogP contribution in [0.3, 0.4) is 0 Å². The molecule has 0 saturated carbocycles. The van der Waals surface area contributed by atoms with Crippen LogP contribution in [-0.4, -0.2) is 28.9 Å². The molecule has 2 aliphatic rings. The summed E-state index contributed by atoms with van der Waals surface area (Å²) in [4.78, 5) is 15.1. The van der Waals surface area contributed by atoms with Crippen molar-refractivity contribution in [3.8, 4) is 0 Å². The molecule has 2 bridgehead atoms. The van der Waals surface area contributed by atoms with Gasteiger partial charge < -0.3 is 10.6 Å². The van der Waals surface area contributed by atoms with Crippen molar-refractivity contribution in [3.05, 3.63) is 34.4 Å². The Morgan fingerprint density at radius 2 is 1.60 bits per heavy atom. The van der Waals surface area contributed by atoms with Gasteiger partial charge in [-0.15, -0.1) is 0 Å². The Balaban J connectivity index is 1.94. The summed E-state index contributed by atoms with van der Waals surface area (Å²) in [7, 11) is 0. The van der Waals surface area contributed by atoms with E-state index in [-0.39, 0.29) is 11.9 Å². The molecule has 0 radical (unpaired) electrons. The number of benzene rings is 1. The first-order chi connectivity index (χ1) is 9.47. The number of hydrogen-bond acceptors (Lipinski definition) is 2. The summed E-state index contributed by atoms with van der Waals surface area (Å²) in [5, 5.41) is 0. The zero-order chi connectivity index (χ0) is 14.4. The van der Waals surface area contributed by atoms with Crippen molar-refractivity contribution in [1.29, 1.82) is 0 Å². The van der Waals surface area contributed by atoms with Crippen LogP contribution in [0.2, 0.25) is 0 Å². The highest BCUT2D eigenvalue weighted by Gasteiger charge is 2.42. The van der Waals surface area contributed by atoms with Crippen LogP contribution in [0.4, 0.5) is 0 Å². The highest BCUT2D eigenvalue weighted by Crippen LogP contribution is 2.37. The molecule has 2 heterocycles. The van der Waals surface area contributed by atoms with Crippen LogP contribution in [0.15, 0.2) is 12.1 Å². The number of piperidine rings is 1. The van der Waals surface area contributed by atoms with Crippen LogP contribution in [0.1, 0.15) is 52.7 Å². The highest BCUT2D eigenvalue weighted by atomic mass is 16.2. The number of aryl methyl sites for hydroxylation is 3. The zero-order valence-electron chi connectivity index (χ0n) is 12.6. The number of carbonyl (C=O) groups is 1. The van der Waals surface area contributed by atoms with Crippen molar-refractivity contribution in [3.63, 3.8) is 0 Å². The summed E-state index contributed by atoms with van der Waals surface area (Å²) < 4.78 is 0. The average molecular weight is 272 g/mol. The number of rotatable bonds is 1. The predicted octanol–water partition coefficient (Wildman–Crippen LogP) is 2.71. The lowest BCUT2D eigenvalue weighted by Gasteiger charge is -2.38. The molecule has 3 nitrogen and oxygen atoms in total. The van der Waals surface area contributed by atoms with E-state index in [4.69, 9.17) is 5.73 Å². The Labute approximate surface area is 121 Å². The Kier molecular flexibility index (Phi) is 3.33. The standard InChI is InChI=1S/C17H24N2O/c1-10-6-11(2)16(12(3)7-10)17(20)19-14-4-5-15(19)9-13(18)8-14/h6-7,13-15H,4-5,8-9,18H2,1-3H3. The van der Waals surface area contributed by atoms with E-state index in [1.165, 1.54) is 5.56 Å². The fourth-order valence-corrected chi connectivity index (χ4v) is 4.20. The fraction of sp³-hybridized carbons (Fsp3) is 0.588. The van der Waals surface area contributed by atoms with E-state index in [0.717, 1.165) is 42.4 Å². The molecule has 2 atom stereocenters. The van der Waals surface area contributed by atoms with Gasteiger partial charge in [0, 0.05) is 23.7 Å². The summed E-state index contributed by atoms with van der Waals surface area (Å²) in [5.74, 6) is 0.222. The first-order valence-corrected chi connectivity index (χ1v) is 7.63. The molecule has 2 N–H and O–H groups in total. The average Bonchev–Trinajstić information content (AvgIpc) is 2.60. The second-order valence-electron chi connectivity index (χ2n) is 6.60. The van der Waals surface area contributed by atoms with E-state index >= 15 is 0 Å². The molecule has 0 aliphatic carbocycles. The van der Waals surface area contributed by atoms with Gasteiger partial charge in [-0.1, -0.05) is 17.7 Å². The van der Waals surface area contributed by atoms with E-state index in [1.807, 2.05) is 13.8 Å². The van der Waals surface area contributed by atoms with Gasteiger partial charge in [-0.25, -0.2) is 0 Å². The maximum absolute atomic E-state index is 13.0. The minimum Gasteiger partial charge on any atom is -0.333 e. The third-order valence-corrected chi connectivity index (χ3v) is 4.89. The van der Waals surface area contributed by atoms with Crippen LogP contribution in [-0.2, 0) is 0 Å².